The molecule has 4 fully saturated rings. The highest BCUT2D eigenvalue weighted by atomic mass is 79.9. The summed E-state index contributed by atoms with van der Waals surface area (Å²) in [6.45, 7) is 1.01. The van der Waals surface area contributed by atoms with Crippen LogP contribution in [0.2, 0.25) is 0 Å². The molecule has 0 unspecified atom stereocenters. The van der Waals surface area contributed by atoms with Gasteiger partial charge < -0.3 is 16.0 Å². The van der Waals surface area contributed by atoms with E-state index < -0.39 is 24.0 Å². The quantitative estimate of drug-likeness (QED) is 0.587. The molecular formula is C23H28BrF2N3O2. The molecule has 3 saturated carbocycles. The van der Waals surface area contributed by atoms with Gasteiger partial charge in [-0.05, 0) is 68.0 Å². The maximum atomic E-state index is 14.3. The largest absolute Gasteiger partial charge is 0.352 e. The van der Waals surface area contributed by atoms with Gasteiger partial charge in [-0.3, -0.25) is 9.59 Å². The number of rotatable bonds is 5. The molecule has 1 saturated heterocycles. The van der Waals surface area contributed by atoms with Crippen molar-refractivity contribution in [3.8, 4) is 0 Å². The van der Waals surface area contributed by atoms with Crippen LogP contribution in [0.3, 0.4) is 0 Å². The molecule has 0 aromatic heterocycles. The van der Waals surface area contributed by atoms with Crippen molar-refractivity contribution in [2.75, 3.05) is 13.1 Å². The summed E-state index contributed by atoms with van der Waals surface area (Å²) in [4.78, 5) is 26.6. The number of alkyl halides is 1. The lowest BCUT2D eigenvalue weighted by Crippen LogP contribution is -2.54. The summed E-state index contributed by atoms with van der Waals surface area (Å²) < 4.78 is 29.1. The van der Waals surface area contributed by atoms with Crippen molar-refractivity contribution in [3.63, 3.8) is 0 Å². The number of hydrogen-bond acceptors (Lipinski definition) is 3. The minimum atomic E-state index is -1.11. The SMILES string of the molecule is O=C(N[C@H]1CCNC[C@H]1F)[C@H]1[C@H](C(=O)NCc2ccc(Br)cc2F)[C@@H]2CC[C@H]1C21CC1. The summed E-state index contributed by atoms with van der Waals surface area (Å²) in [5.74, 6) is -1.19. The van der Waals surface area contributed by atoms with Crippen LogP contribution >= 0.6 is 15.9 Å². The van der Waals surface area contributed by atoms with Crippen LogP contribution in [0, 0.1) is 34.9 Å². The first-order valence-electron chi connectivity index (χ1n) is 11.3. The van der Waals surface area contributed by atoms with Crippen molar-refractivity contribution < 1.29 is 18.4 Å². The lowest BCUT2D eigenvalue weighted by molar-refractivity contribution is -0.138. The smallest absolute Gasteiger partial charge is 0.224 e. The molecule has 3 aliphatic carbocycles. The van der Waals surface area contributed by atoms with Crippen LogP contribution in [0.4, 0.5) is 8.78 Å². The van der Waals surface area contributed by atoms with Crippen LogP contribution < -0.4 is 16.0 Å². The number of carbonyl (C=O) groups excluding carboxylic acids is 2. The fourth-order valence-corrected chi connectivity index (χ4v) is 6.92. The summed E-state index contributed by atoms with van der Waals surface area (Å²) >= 11 is 3.24. The second-order valence-corrected chi connectivity index (χ2v) is 10.6. The molecule has 6 atom stereocenters. The van der Waals surface area contributed by atoms with Crippen LogP contribution in [0.25, 0.3) is 0 Å². The van der Waals surface area contributed by atoms with E-state index in [9.17, 15) is 18.4 Å². The highest BCUT2D eigenvalue weighted by Crippen LogP contribution is 2.74. The van der Waals surface area contributed by atoms with Gasteiger partial charge in [-0.1, -0.05) is 22.0 Å². The summed E-state index contributed by atoms with van der Waals surface area (Å²) in [7, 11) is 0. The first kappa shape index (κ1) is 21.3. The molecule has 2 amide bonds. The summed E-state index contributed by atoms with van der Waals surface area (Å²) in [6.07, 6.45) is 3.49. The predicted molar refractivity (Wildman–Crippen MR) is 115 cm³/mol. The molecule has 4 aliphatic rings. The Morgan fingerprint density at radius 2 is 1.84 bits per heavy atom. The van der Waals surface area contributed by atoms with Crippen molar-refractivity contribution >= 4 is 27.7 Å². The number of benzene rings is 1. The third-order valence-electron chi connectivity index (χ3n) is 8.16. The zero-order valence-electron chi connectivity index (χ0n) is 17.3. The van der Waals surface area contributed by atoms with Gasteiger partial charge in [0.2, 0.25) is 11.8 Å². The normalized spacial score (nSPS) is 35.2. The molecule has 1 aromatic carbocycles. The molecule has 168 valence electrons. The zero-order chi connectivity index (χ0) is 21.8. The van der Waals surface area contributed by atoms with E-state index in [2.05, 4.69) is 31.9 Å². The number of hydrogen-bond donors (Lipinski definition) is 3. The lowest BCUT2D eigenvalue weighted by atomic mass is 9.78. The number of piperidine rings is 1. The molecule has 5 nitrogen and oxygen atoms in total. The van der Waals surface area contributed by atoms with Crippen LogP contribution in [0.5, 0.6) is 0 Å². The van der Waals surface area contributed by atoms with Gasteiger partial charge in [0, 0.05) is 23.1 Å². The van der Waals surface area contributed by atoms with E-state index in [4.69, 9.17) is 0 Å². The molecule has 3 N–H and O–H groups in total. The Hall–Kier alpha value is -1.54. The minimum absolute atomic E-state index is 0.0913. The lowest BCUT2D eigenvalue weighted by Gasteiger charge is -2.33. The molecule has 2 bridgehead atoms. The van der Waals surface area contributed by atoms with E-state index in [1.54, 1.807) is 12.1 Å². The van der Waals surface area contributed by atoms with Crippen LogP contribution in [0.15, 0.2) is 22.7 Å². The Morgan fingerprint density at radius 1 is 1.13 bits per heavy atom. The van der Waals surface area contributed by atoms with Gasteiger partial charge in [0.15, 0.2) is 0 Å². The first-order valence-corrected chi connectivity index (χ1v) is 12.1. The molecule has 31 heavy (non-hydrogen) atoms. The predicted octanol–water partition coefficient (Wildman–Crippen LogP) is 3.07. The van der Waals surface area contributed by atoms with Crippen LogP contribution in [0.1, 0.15) is 37.7 Å². The fraction of sp³-hybridized carbons (Fsp3) is 0.652. The van der Waals surface area contributed by atoms with Crippen LogP contribution in [-0.4, -0.2) is 37.1 Å². The second-order valence-electron chi connectivity index (χ2n) is 9.65. The van der Waals surface area contributed by atoms with E-state index in [1.165, 1.54) is 6.07 Å². The standard InChI is InChI=1S/C23H28BrF2N3O2/c24-13-2-1-12(16(25)9-13)10-28-21(30)19-14-3-4-15(23(14)6-7-23)20(19)22(31)29-18-5-8-27-11-17(18)26/h1-2,9,14-15,17-20,27H,3-8,10-11H2,(H,28,30)(H,29,31)/t14-,15+,17+,18-,19+,20+/m0/s1. The monoisotopic (exact) mass is 495 g/mol. The van der Waals surface area contributed by atoms with Crippen molar-refractivity contribution in [3.05, 3.63) is 34.1 Å². The van der Waals surface area contributed by atoms with Crippen molar-refractivity contribution in [1.82, 2.24) is 16.0 Å². The fourth-order valence-electron chi connectivity index (χ4n) is 6.59. The Morgan fingerprint density at radius 3 is 2.48 bits per heavy atom. The van der Waals surface area contributed by atoms with Gasteiger partial charge in [-0.15, -0.1) is 0 Å². The van der Waals surface area contributed by atoms with Crippen molar-refractivity contribution in [2.24, 2.45) is 29.1 Å². The van der Waals surface area contributed by atoms with E-state index in [0.29, 0.717) is 23.0 Å². The van der Waals surface area contributed by atoms with Gasteiger partial charge >= 0.3 is 0 Å². The molecular weight excluding hydrogens is 468 g/mol. The molecule has 1 spiro atoms. The van der Waals surface area contributed by atoms with Gasteiger partial charge in [-0.2, -0.15) is 0 Å². The summed E-state index contributed by atoms with van der Waals surface area (Å²) in [5.41, 5.74) is 0.521. The first-order chi connectivity index (χ1) is 14.9. The number of nitrogens with one attached hydrogen (secondary N) is 3. The Balaban J connectivity index is 1.32. The number of amides is 2. The van der Waals surface area contributed by atoms with E-state index in [-0.39, 0.29) is 48.0 Å². The number of carbonyl (C=O) groups is 2. The highest BCUT2D eigenvalue weighted by molar-refractivity contribution is 9.10. The summed E-state index contributed by atoms with van der Waals surface area (Å²) in [6, 6.07) is 4.26. The topological polar surface area (TPSA) is 70.2 Å². The van der Waals surface area contributed by atoms with E-state index in [1.807, 2.05) is 0 Å². The average molecular weight is 496 g/mol. The third kappa shape index (κ3) is 3.69. The van der Waals surface area contributed by atoms with E-state index in [0.717, 1.165) is 25.7 Å². The summed E-state index contributed by atoms with van der Waals surface area (Å²) in [5, 5.41) is 8.83. The van der Waals surface area contributed by atoms with Crippen LogP contribution in [-0.2, 0) is 16.1 Å². The second kappa shape index (κ2) is 8.10. The van der Waals surface area contributed by atoms with Crippen molar-refractivity contribution in [1.29, 1.82) is 0 Å². The number of halogens is 3. The van der Waals surface area contributed by atoms with Gasteiger partial charge in [0.05, 0.1) is 17.9 Å². The molecule has 5 rings (SSSR count). The molecule has 1 aromatic rings. The van der Waals surface area contributed by atoms with E-state index >= 15 is 0 Å². The Kier molecular flexibility index (Phi) is 5.57. The highest BCUT2D eigenvalue weighted by Gasteiger charge is 2.71. The average Bonchev–Trinajstić information content (AvgIpc) is 3.41. The molecule has 1 heterocycles. The minimum Gasteiger partial charge on any atom is -0.352 e. The molecule has 0 radical (unpaired) electrons. The van der Waals surface area contributed by atoms with Crippen molar-refractivity contribution in [2.45, 2.75) is 50.9 Å². The Labute approximate surface area is 189 Å². The zero-order valence-corrected chi connectivity index (χ0v) is 18.9. The maximum absolute atomic E-state index is 14.3. The van der Waals surface area contributed by atoms with Gasteiger partial charge in [0.1, 0.15) is 12.0 Å². The van der Waals surface area contributed by atoms with Gasteiger partial charge in [-0.25, -0.2) is 8.78 Å². The molecule has 8 heteroatoms. The molecule has 1 aliphatic heterocycles. The van der Waals surface area contributed by atoms with Gasteiger partial charge in [0.25, 0.3) is 0 Å². The Bertz CT molecular complexity index is 894. The maximum Gasteiger partial charge on any atom is 0.224 e. The third-order valence-corrected chi connectivity index (χ3v) is 8.65.